The summed E-state index contributed by atoms with van der Waals surface area (Å²) in [5.74, 6) is -1.60. The summed E-state index contributed by atoms with van der Waals surface area (Å²) >= 11 is 0. The molecule has 0 fully saturated rings. The van der Waals surface area contributed by atoms with Gasteiger partial charge in [0, 0.05) is 12.1 Å². The van der Waals surface area contributed by atoms with E-state index < -0.39 is 41.8 Å². The zero-order chi connectivity index (χ0) is 14.8. The fraction of sp³-hybridized carbons (Fsp3) is 0.333. The molecule has 1 rings (SSSR count). The summed E-state index contributed by atoms with van der Waals surface area (Å²) in [5.41, 5.74) is 2.19. The molecule has 10 heteroatoms. The van der Waals surface area contributed by atoms with E-state index in [1.807, 2.05) is 0 Å². The van der Waals surface area contributed by atoms with Crippen LogP contribution in [0.4, 0.5) is 26.3 Å². The molecule has 0 unspecified atom stereocenters. The second-order valence-corrected chi connectivity index (χ2v) is 3.24. The number of alkyl halides is 6. The van der Waals surface area contributed by atoms with E-state index >= 15 is 0 Å². The largest absolute Gasteiger partial charge is 0.573 e. The van der Waals surface area contributed by atoms with Crippen LogP contribution in [-0.4, -0.2) is 17.6 Å². The van der Waals surface area contributed by atoms with Crippen LogP contribution in [0.2, 0.25) is 0 Å². The second kappa shape index (κ2) is 5.03. The van der Waals surface area contributed by atoms with Crippen LogP contribution in [0.3, 0.4) is 0 Å². The molecule has 0 aliphatic rings. The molecule has 0 saturated carbocycles. The van der Waals surface area contributed by atoms with Crippen molar-refractivity contribution >= 4 is 6.29 Å². The summed E-state index contributed by atoms with van der Waals surface area (Å²) in [4.78, 5) is 13.5. The van der Waals surface area contributed by atoms with Crippen molar-refractivity contribution in [2.24, 2.45) is 5.73 Å². The van der Waals surface area contributed by atoms with Crippen molar-refractivity contribution in [3.63, 3.8) is 0 Å². The molecule has 0 bridgehead atoms. The Labute approximate surface area is 102 Å². The van der Waals surface area contributed by atoms with Gasteiger partial charge in [-0.3, -0.25) is 4.79 Å². The van der Waals surface area contributed by atoms with Gasteiger partial charge in [-0.05, 0) is 6.07 Å². The smallest absolute Gasteiger partial charge is 0.403 e. The topological polar surface area (TPSA) is 65.2 Å². The van der Waals surface area contributed by atoms with Crippen molar-refractivity contribution < 1.29 is 35.9 Å². The first kappa shape index (κ1) is 15.2. The third-order valence-corrected chi connectivity index (χ3v) is 1.91. The number of nitrogens with zero attached hydrogens (tertiary/aromatic N) is 1. The number of carbonyl (C=O) groups is 1. The number of aldehydes is 1. The molecule has 0 aliphatic carbocycles. The fourth-order valence-electron chi connectivity index (χ4n) is 1.22. The van der Waals surface area contributed by atoms with Crippen LogP contribution >= 0.6 is 0 Å². The van der Waals surface area contributed by atoms with Crippen molar-refractivity contribution in [3.05, 3.63) is 23.0 Å². The second-order valence-electron chi connectivity index (χ2n) is 3.24. The van der Waals surface area contributed by atoms with Gasteiger partial charge in [0.05, 0.1) is 5.69 Å². The highest BCUT2D eigenvalue weighted by Gasteiger charge is 2.41. The summed E-state index contributed by atoms with van der Waals surface area (Å²) in [7, 11) is 0. The predicted molar refractivity (Wildman–Crippen MR) is 49.2 cm³/mol. The van der Waals surface area contributed by atoms with Gasteiger partial charge in [0.1, 0.15) is 0 Å². The monoisotopic (exact) mass is 288 g/mol. The van der Waals surface area contributed by atoms with E-state index in [1.165, 1.54) is 0 Å². The highest BCUT2D eigenvalue weighted by molar-refractivity contribution is 5.77. The number of hydrogen-bond donors (Lipinski definition) is 1. The van der Waals surface area contributed by atoms with Gasteiger partial charge in [-0.25, -0.2) is 4.98 Å². The van der Waals surface area contributed by atoms with E-state index in [2.05, 4.69) is 9.72 Å². The molecule has 0 atom stereocenters. The maximum atomic E-state index is 12.5. The molecular formula is C9H6F6N2O2. The van der Waals surface area contributed by atoms with Crippen molar-refractivity contribution in [1.29, 1.82) is 0 Å². The lowest BCUT2D eigenvalue weighted by atomic mass is 10.1. The van der Waals surface area contributed by atoms with Gasteiger partial charge in [0.25, 0.3) is 0 Å². The Morgan fingerprint density at radius 3 is 2.21 bits per heavy atom. The minimum atomic E-state index is -5.34. The summed E-state index contributed by atoms with van der Waals surface area (Å²) in [5, 5.41) is 0. The van der Waals surface area contributed by atoms with Gasteiger partial charge < -0.3 is 10.5 Å². The molecule has 2 N–H and O–H groups in total. The number of rotatable bonds is 3. The van der Waals surface area contributed by atoms with Crippen LogP contribution in [0.1, 0.15) is 21.7 Å². The minimum Gasteiger partial charge on any atom is -0.403 e. The third kappa shape index (κ3) is 3.81. The van der Waals surface area contributed by atoms with Crippen molar-refractivity contribution in [1.82, 2.24) is 4.98 Å². The van der Waals surface area contributed by atoms with Crippen molar-refractivity contribution in [2.45, 2.75) is 19.1 Å². The molecule has 0 amide bonds. The van der Waals surface area contributed by atoms with E-state index in [0.717, 1.165) is 0 Å². The van der Waals surface area contributed by atoms with E-state index in [1.54, 1.807) is 0 Å². The molecule has 4 nitrogen and oxygen atoms in total. The Balaban J connectivity index is 3.45. The number of aromatic nitrogens is 1. The third-order valence-electron chi connectivity index (χ3n) is 1.91. The molecule has 0 aliphatic heterocycles. The first-order valence-electron chi connectivity index (χ1n) is 4.60. The highest BCUT2D eigenvalue weighted by atomic mass is 19.4. The molecule has 1 heterocycles. The Bertz CT molecular complexity index is 483. The van der Waals surface area contributed by atoms with E-state index in [0.29, 0.717) is 6.07 Å². The number of carbonyl (C=O) groups excluding carboxylic acids is 1. The molecule has 0 saturated heterocycles. The van der Waals surface area contributed by atoms with Gasteiger partial charge >= 0.3 is 12.5 Å². The van der Waals surface area contributed by atoms with Crippen LogP contribution in [-0.2, 0) is 12.7 Å². The van der Waals surface area contributed by atoms with Crippen molar-refractivity contribution in [3.8, 4) is 5.75 Å². The Hall–Kier alpha value is -1.84. The number of ether oxygens (including phenoxy) is 1. The number of halogens is 6. The molecule has 0 spiro atoms. The number of nitrogens with two attached hydrogens (primary N) is 1. The molecule has 1 aromatic heterocycles. The van der Waals surface area contributed by atoms with Crippen LogP contribution in [0.25, 0.3) is 0 Å². The van der Waals surface area contributed by atoms with Crippen LogP contribution in [0.15, 0.2) is 6.07 Å². The molecule has 1 aromatic rings. The maximum absolute atomic E-state index is 12.5. The van der Waals surface area contributed by atoms with E-state index in [9.17, 15) is 31.1 Å². The van der Waals surface area contributed by atoms with Crippen LogP contribution in [0, 0.1) is 0 Å². The fourth-order valence-corrected chi connectivity index (χ4v) is 1.22. The maximum Gasteiger partial charge on any atom is 0.573 e. The summed E-state index contributed by atoms with van der Waals surface area (Å²) in [6, 6.07) is 0.304. The molecular weight excluding hydrogens is 282 g/mol. The number of pyridine rings is 1. The normalized spacial score (nSPS) is 12.4. The molecule has 0 radical (unpaired) electrons. The quantitative estimate of drug-likeness (QED) is 0.684. The Morgan fingerprint density at radius 2 is 1.84 bits per heavy atom. The van der Waals surface area contributed by atoms with E-state index in [4.69, 9.17) is 5.73 Å². The van der Waals surface area contributed by atoms with Gasteiger partial charge in [-0.15, -0.1) is 13.2 Å². The van der Waals surface area contributed by atoms with Crippen LogP contribution < -0.4 is 10.5 Å². The first-order valence-corrected chi connectivity index (χ1v) is 4.60. The molecule has 0 aromatic carbocycles. The van der Waals surface area contributed by atoms with Gasteiger partial charge in [0.15, 0.2) is 17.7 Å². The molecule has 106 valence electrons. The average Bonchev–Trinajstić information content (AvgIpc) is 2.24. The lowest BCUT2D eigenvalue weighted by Gasteiger charge is -2.16. The zero-order valence-corrected chi connectivity index (χ0v) is 8.97. The minimum absolute atomic E-state index is 0.0403. The number of hydrogen-bond acceptors (Lipinski definition) is 4. The van der Waals surface area contributed by atoms with E-state index in [-0.39, 0.29) is 6.29 Å². The summed E-state index contributed by atoms with van der Waals surface area (Å²) in [6.07, 6.45) is -10.5. The van der Waals surface area contributed by atoms with Gasteiger partial charge in [-0.1, -0.05) is 0 Å². The standard InChI is InChI=1S/C9H6F6N2O2/c10-8(11,12)7-6(19-9(13,14)15)1-4(3-18)5(2-16)17-7/h1,3H,2,16H2. The van der Waals surface area contributed by atoms with Crippen molar-refractivity contribution in [2.75, 3.05) is 0 Å². The van der Waals surface area contributed by atoms with Gasteiger partial charge in [0.2, 0.25) is 0 Å². The first-order chi connectivity index (χ1) is 8.58. The lowest BCUT2D eigenvalue weighted by molar-refractivity contribution is -0.276. The summed E-state index contributed by atoms with van der Waals surface area (Å²) in [6.45, 7) is -0.538. The Kier molecular flexibility index (Phi) is 4.03. The zero-order valence-electron chi connectivity index (χ0n) is 8.97. The lowest BCUT2D eigenvalue weighted by Crippen LogP contribution is -2.22. The SMILES string of the molecule is NCc1nc(C(F)(F)F)c(OC(F)(F)F)cc1C=O. The highest BCUT2D eigenvalue weighted by Crippen LogP contribution is 2.37. The van der Waals surface area contributed by atoms with Crippen LogP contribution in [0.5, 0.6) is 5.75 Å². The Morgan fingerprint density at radius 1 is 1.26 bits per heavy atom. The predicted octanol–water partition coefficient (Wildman–Crippen LogP) is 2.27. The average molecular weight is 288 g/mol. The summed E-state index contributed by atoms with van der Waals surface area (Å²) < 4.78 is 76.8. The van der Waals surface area contributed by atoms with Gasteiger partial charge in [-0.2, -0.15) is 13.2 Å². The molecule has 19 heavy (non-hydrogen) atoms.